The molecule has 3 aromatic rings. The number of hydrogen-bond donors (Lipinski definition) is 1. The molecule has 3 rings (SSSR count). The van der Waals surface area contributed by atoms with E-state index in [1.165, 1.54) is 9.75 Å². The lowest BCUT2D eigenvalue weighted by molar-refractivity contribution is 0.354. The van der Waals surface area contributed by atoms with E-state index in [2.05, 4.69) is 42.7 Å². The summed E-state index contributed by atoms with van der Waals surface area (Å²) >= 11 is 3.57. The summed E-state index contributed by atoms with van der Waals surface area (Å²) in [5.74, 6) is 1.50. The van der Waals surface area contributed by atoms with Gasteiger partial charge in [0.1, 0.15) is 5.01 Å². The van der Waals surface area contributed by atoms with Crippen molar-refractivity contribution in [2.75, 3.05) is 14.2 Å². The van der Waals surface area contributed by atoms with Crippen LogP contribution in [0.15, 0.2) is 35.7 Å². The van der Waals surface area contributed by atoms with Crippen molar-refractivity contribution >= 4 is 22.7 Å². The van der Waals surface area contributed by atoms with Crippen LogP contribution in [0.5, 0.6) is 11.5 Å². The fourth-order valence-corrected chi connectivity index (χ4v) is 4.51. The maximum absolute atomic E-state index is 5.41. The number of aryl methyl sites for hydroxylation is 2. The quantitative estimate of drug-likeness (QED) is 0.595. The minimum atomic E-state index is 0.194. The van der Waals surface area contributed by atoms with Gasteiger partial charge in [-0.3, -0.25) is 0 Å². The molecule has 0 fully saturated rings. The van der Waals surface area contributed by atoms with Gasteiger partial charge in [-0.2, -0.15) is 0 Å². The van der Waals surface area contributed by atoms with E-state index in [1.54, 1.807) is 36.9 Å². The van der Waals surface area contributed by atoms with Crippen LogP contribution in [-0.2, 0) is 13.0 Å². The Kier molecular flexibility index (Phi) is 6.29. The summed E-state index contributed by atoms with van der Waals surface area (Å²) in [5, 5.41) is 6.95. The van der Waals surface area contributed by atoms with Crippen LogP contribution < -0.4 is 14.8 Å². The molecule has 0 aliphatic carbocycles. The third kappa shape index (κ3) is 4.44. The Balaban J connectivity index is 1.77. The number of nitrogens with one attached hydrogen (secondary N) is 1. The molecule has 0 amide bonds. The molecule has 0 bridgehead atoms. The zero-order valence-corrected chi connectivity index (χ0v) is 17.2. The van der Waals surface area contributed by atoms with Gasteiger partial charge >= 0.3 is 0 Å². The molecule has 0 spiro atoms. The maximum Gasteiger partial charge on any atom is 0.161 e. The number of hydrogen-bond acceptors (Lipinski definition) is 6. The van der Waals surface area contributed by atoms with Gasteiger partial charge in [0, 0.05) is 22.7 Å². The van der Waals surface area contributed by atoms with E-state index in [9.17, 15) is 0 Å². The smallest absolute Gasteiger partial charge is 0.161 e. The van der Waals surface area contributed by atoms with Crippen LogP contribution in [0.1, 0.15) is 32.1 Å². The summed E-state index contributed by atoms with van der Waals surface area (Å²) in [4.78, 5) is 7.42. The number of aromatic nitrogens is 1. The summed E-state index contributed by atoms with van der Waals surface area (Å²) in [7, 11) is 3.32. The lowest BCUT2D eigenvalue weighted by atomic mass is 10.1. The second kappa shape index (κ2) is 8.66. The predicted molar refractivity (Wildman–Crippen MR) is 109 cm³/mol. The standard InChI is InChI=1S/C20H24N2O2S2/c1-13-14(2)26-20(22-13)17(11-16-6-5-9-25-16)21-12-15-7-8-18(23-3)19(10-15)24-4/h5-10,17,21H,11-12H2,1-4H3/t17-/m1/s1. The summed E-state index contributed by atoms with van der Waals surface area (Å²) in [6, 6.07) is 10.5. The Bertz CT molecular complexity index is 824. The molecule has 6 heteroatoms. The lowest BCUT2D eigenvalue weighted by Crippen LogP contribution is -2.22. The zero-order chi connectivity index (χ0) is 18.5. The number of thiophene rings is 1. The third-order valence-corrected chi connectivity index (χ3v) is 6.41. The van der Waals surface area contributed by atoms with Gasteiger partial charge in [0.2, 0.25) is 0 Å². The Morgan fingerprint density at radius 1 is 1.12 bits per heavy atom. The van der Waals surface area contributed by atoms with E-state index in [4.69, 9.17) is 14.5 Å². The lowest BCUT2D eigenvalue weighted by Gasteiger charge is -2.17. The first-order valence-electron chi connectivity index (χ1n) is 8.51. The molecule has 0 unspecified atom stereocenters. The van der Waals surface area contributed by atoms with Crippen LogP contribution in [0.25, 0.3) is 0 Å². The second-order valence-corrected chi connectivity index (χ2v) is 8.37. The summed E-state index contributed by atoms with van der Waals surface area (Å²) in [6.07, 6.45) is 0.942. The number of rotatable bonds is 8. The van der Waals surface area contributed by atoms with Crippen LogP contribution in [-0.4, -0.2) is 19.2 Å². The van der Waals surface area contributed by atoms with Crippen molar-refractivity contribution in [2.45, 2.75) is 32.9 Å². The molecule has 0 radical (unpaired) electrons. The van der Waals surface area contributed by atoms with Crippen LogP contribution >= 0.6 is 22.7 Å². The van der Waals surface area contributed by atoms with Crippen molar-refractivity contribution in [3.05, 3.63) is 61.7 Å². The number of benzene rings is 1. The Morgan fingerprint density at radius 3 is 2.54 bits per heavy atom. The fourth-order valence-electron chi connectivity index (χ4n) is 2.75. The first kappa shape index (κ1) is 18.9. The molecule has 1 atom stereocenters. The molecule has 0 saturated heterocycles. The van der Waals surface area contributed by atoms with Gasteiger partial charge in [-0.05, 0) is 43.0 Å². The Morgan fingerprint density at radius 2 is 1.92 bits per heavy atom. The predicted octanol–water partition coefficient (Wildman–Crippen LogP) is 4.91. The van der Waals surface area contributed by atoms with Crippen molar-refractivity contribution in [1.82, 2.24) is 10.3 Å². The first-order chi connectivity index (χ1) is 12.6. The number of methoxy groups -OCH3 is 2. The first-order valence-corrected chi connectivity index (χ1v) is 10.2. The van der Waals surface area contributed by atoms with Gasteiger partial charge in [0.05, 0.1) is 26.0 Å². The van der Waals surface area contributed by atoms with Gasteiger partial charge in [0.25, 0.3) is 0 Å². The molecule has 2 aromatic heterocycles. The topological polar surface area (TPSA) is 43.4 Å². The highest BCUT2D eigenvalue weighted by molar-refractivity contribution is 7.11. The molecule has 26 heavy (non-hydrogen) atoms. The fraction of sp³-hybridized carbons (Fsp3) is 0.350. The largest absolute Gasteiger partial charge is 0.493 e. The molecule has 1 N–H and O–H groups in total. The summed E-state index contributed by atoms with van der Waals surface area (Å²) < 4.78 is 10.7. The molecule has 138 valence electrons. The van der Waals surface area contributed by atoms with Gasteiger partial charge in [0.15, 0.2) is 11.5 Å². The highest BCUT2D eigenvalue weighted by Gasteiger charge is 2.18. The molecule has 4 nitrogen and oxygen atoms in total. The molecule has 0 aliphatic heterocycles. The van der Waals surface area contributed by atoms with E-state index < -0.39 is 0 Å². The summed E-state index contributed by atoms with van der Waals surface area (Å²) in [5.41, 5.74) is 2.28. The van der Waals surface area contributed by atoms with E-state index in [0.717, 1.165) is 40.7 Å². The Hall–Kier alpha value is -1.89. The number of ether oxygens (including phenoxy) is 2. The van der Waals surface area contributed by atoms with Crippen LogP contribution in [0, 0.1) is 13.8 Å². The van der Waals surface area contributed by atoms with Crippen molar-refractivity contribution in [2.24, 2.45) is 0 Å². The SMILES string of the molecule is COc1ccc(CN[C@H](Cc2cccs2)c2nc(C)c(C)s2)cc1OC. The molecule has 1 aromatic carbocycles. The third-order valence-electron chi connectivity index (χ3n) is 4.33. The maximum atomic E-state index is 5.41. The van der Waals surface area contributed by atoms with Crippen LogP contribution in [0.3, 0.4) is 0 Å². The molecular formula is C20H24N2O2S2. The van der Waals surface area contributed by atoms with E-state index in [-0.39, 0.29) is 6.04 Å². The highest BCUT2D eigenvalue weighted by atomic mass is 32.1. The van der Waals surface area contributed by atoms with Gasteiger partial charge in [-0.15, -0.1) is 22.7 Å². The molecule has 2 heterocycles. The van der Waals surface area contributed by atoms with Gasteiger partial charge in [-0.25, -0.2) is 4.98 Å². The highest BCUT2D eigenvalue weighted by Crippen LogP contribution is 2.29. The van der Waals surface area contributed by atoms with Crippen molar-refractivity contribution in [1.29, 1.82) is 0 Å². The number of nitrogens with zero attached hydrogens (tertiary/aromatic N) is 1. The minimum Gasteiger partial charge on any atom is -0.493 e. The van der Waals surface area contributed by atoms with Crippen molar-refractivity contribution in [3.63, 3.8) is 0 Å². The van der Waals surface area contributed by atoms with E-state index in [0.29, 0.717) is 0 Å². The van der Waals surface area contributed by atoms with Crippen LogP contribution in [0.2, 0.25) is 0 Å². The van der Waals surface area contributed by atoms with Crippen molar-refractivity contribution < 1.29 is 9.47 Å². The molecule has 0 aliphatic rings. The monoisotopic (exact) mass is 388 g/mol. The normalized spacial score (nSPS) is 12.2. The average Bonchev–Trinajstić information content (AvgIpc) is 3.28. The van der Waals surface area contributed by atoms with E-state index >= 15 is 0 Å². The van der Waals surface area contributed by atoms with Crippen LogP contribution in [0.4, 0.5) is 0 Å². The molecule has 0 saturated carbocycles. The average molecular weight is 389 g/mol. The minimum absolute atomic E-state index is 0.194. The van der Waals surface area contributed by atoms with Gasteiger partial charge in [-0.1, -0.05) is 12.1 Å². The van der Waals surface area contributed by atoms with Gasteiger partial charge < -0.3 is 14.8 Å². The molecular weight excluding hydrogens is 364 g/mol. The Labute approximate surface area is 162 Å². The van der Waals surface area contributed by atoms with E-state index in [1.807, 2.05) is 12.1 Å². The summed E-state index contributed by atoms with van der Waals surface area (Å²) in [6.45, 7) is 4.95. The zero-order valence-electron chi connectivity index (χ0n) is 15.5. The number of thiazole rings is 1. The second-order valence-electron chi connectivity index (χ2n) is 6.10. The van der Waals surface area contributed by atoms with Crippen molar-refractivity contribution in [3.8, 4) is 11.5 Å².